The lowest BCUT2D eigenvalue weighted by atomic mass is 10.1. The maximum atomic E-state index is 11.5. The van der Waals surface area contributed by atoms with E-state index < -0.39 is 12.4 Å². The van der Waals surface area contributed by atoms with Gasteiger partial charge in [0.15, 0.2) is 5.78 Å². The van der Waals surface area contributed by atoms with Gasteiger partial charge in [-0.25, -0.2) is 0 Å². The highest BCUT2D eigenvalue weighted by Crippen LogP contribution is 2.23. The number of benzene rings is 2. The largest absolute Gasteiger partial charge is 0.506 e. The van der Waals surface area contributed by atoms with Crippen LogP contribution < -0.4 is 0 Å². The smallest absolute Gasteiger partial charge is 0.188 e. The van der Waals surface area contributed by atoms with Crippen molar-refractivity contribution >= 4 is 16.8 Å². The SMILES string of the molecule is O=C(CO)c1ccc(O)c(-n2nc3ccccc3n2)c1. The molecule has 0 spiro atoms. The summed E-state index contributed by atoms with van der Waals surface area (Å²) in [5.74, 6) is -0.470. The molecule has 20 heavy (non-hydrogen) atoms. The third-order valence-corrected chi connectivity index (χ3v) is 2.94. The fourth-order valence-electron chi connectivity index (χ4n) is 1.92. The van der Waals surface area contributed by atoms with E-state index in [4.69, 9.17) is 5.11 Å². The summed E-state index contributed by atoms with van der Waals surface area (Å²) in [6, 6.07) is 11.6. The van der Waals surface area contributed by atoms with Crippen LogP contribution in [0.1, 0.15) is 10.4 Å². The number of aromatic nitrogens is 3. The average molecular weight is 269 g/mol. The van der Waals surface area contributed by atoms with E-state index in [0.717, 1.165) is 0 Å². The highest BCUT2D eigenvalue weighted by molar-refractivity contribution is 5.97. The van der Waals surface area contributed by atoms with Crippen molar-refractivity contribution in [3.05, 3.63) is 48.0 Å². The molecule has 0 atom stereocenters. The fourth-order valence-corrected chi connectivity index (χ4v) is 1.92. The molecule has 0 radical (unpaired) electrons. The number of phenols is 1. The van der Waals surface area contributed by atoms with Crippen LogP contribution in [0.25, 0.3) is 16.7 Å². The zero-order valence-electron chi connectivity index (χ0n) is 10.4. The average Bonchev–Trinajstić information content (AvgIpc) is 2.90. The first-order valence-corrected chi connectivity index (χ1v) is 5.98. The lowest BCUT2D eigenvalue weighted by Crippen LogP contribution is -2.06. The number of carbonyl (C=O) groups excluding carboxylic acids is 1. The third-order valence-electron chi connectivity index (χ3n) is 2.94. The molecule has 0 fully saturated rings. The van der Waals surface area contributed by atoms with Crippen molar-refractivity contribution in [3.8, 4) is 11.4 Å². The van der Waals surface area contributed by atoms with E-state index in [1.165, 1.54) is 23.0 Å². The van der Waals surface area contributed by atoms with Gasteiger partial charge >= 0.3 is 0 Å². The lowest BCUT2D eigenvalue weighted by Gasteiger charge is -2.05. The molecule has 2 aromatic carbocycles. The van der Waals surface area contributed by atoms with Crippen molar-refractivity contribution in [1.29, 1.82) is 0 Å². The summed E-state index contributed by atoms with van der Waals surface area (Å²) in [5, 5.41) is 27.3. The molecule has 0 saturated carbocycles. The number of hydrogen-bond acceptors (Lipinski definition) is 5. The molecule has 6 heteroatoms. The highest BCUT2D eigenvalue weighted by atomic mass is 16.3. The molecule has 0 aliphatic heterocycles. The van der Waals surface area contributed by atoms with Crippen molar-refractivity contribution in [2.24, 2.45) is 0 Å². The molecule has 0 amide bonds. The van der Waals surface area contributed by atoms with Gasteiger partial charge in [0.25, 0.3) is 0 Å². The molecule has 3 aromatic rings. The summed E-state index contributed by atoms with van der Waals surface area (Å²) < 4.78 is 0. The number of aliphatic hydroxyl groups is 1. The van der Waals surface area contributed by atoms with E-state index in [9.17, 15) is 9.90 Å². The molecule has 6 nitrogen and oxygen atoms in total. The second-order valence-electron chi connectivity index (χ2n) is 4.26. The van der Waals surface area contributed by atoms with E-state index in [-0.39, 0.29) is 5.75 Å². The standard InChI is InChI=1S/C14H11N3O3/c18-8-14(20)9-5-6-13(19)12(7-9)17-15-10-3-1-2-4-11(10)16-17/h1-7,18-19H,8H2. The van der Waals surface area contributed by atoms with Crippen LogP contribution in [0.3, 0.4) is 0 Å². The summed E-state index contributed by atoms with van der Waals surface area (Å²) in [7, 11) is 0. The van der Waals surface area contributed by atoms with E-state index in [0.29, 0.717) is 22.3 Å². The second-order valence-corrected chi connectivity index (χ2v) is 4.26. The van der Waals surface area contributed by atoms with Crippen LogP contribution in [-0.2, 0) is 0 Å². The Bertz CT molecular complexity index is 762. The summed E-state index contributed by atoms with van der Waals surface area (Å²) in [5.41, 5.74) is 1.96. The van der Waals surface area contributed by atoms with Crippen molar-refractivity contribution in [2.75, 3.05) is 6.61 Å². The molecule has 0 unspecified atom stereocenters. The maximum Gasteiger partial charge on any atom is 0.188 e. The van der Waals surface area contributed by atoms with Crippen LogP contribution >= 0.6 is 0 Å². The number of hydrogen-bond donors (Lipinski definition) is 2. The Labute approximate surface area is 113 Å². The van der Waals surface area contributed by atoms with Crippen molar-refractivity contribution in [1.82, 2.24) is 15.0 Å². The predicted molar refractivity (Wildman–Crippen MR) is 71.9 cm³/mol. The summed E-state index contributed by atoms with van der Waals surface area (Å²) >= 11 is 0. The molecule has 100 valence electrons. The zero-order valence-corrected chi connectivity index (χ0v) is 10.4. The van der Waals surface area contributed by atoms with Crippen LogP contribution in [0.4, 0.5) is 0 Å². The van der Waals surface area contributed by atoms with Crippen LogP contribution in [0.2, 0.25) is 0 Å². The molecule has 0 bridgehead atoms. The Balaban J connectivity index is 2.15. The zero-order chi connectivity index (χ0) is 14.1. The molecule has 2 N–H and O–H groups in total. The first-order chi connectivity index (χ1) is 9.69. The molecular weight excluding hydrogens is 258 g/mol. The van der Waals surface area contributed by atoms with Crippen LogP contribution in [0.5, 0.6) is 5.75 Å². The van der Waals surface area contributed by atoms with Gasteiger partial charge < -0.3 is 10.2 Å². The second kappa shape index (κ2) is 4.75. The third kappa shape index (κ3) is 2.02. The van der Waals surface area contributed by atoms with Gasteiger partial charge in [-0.1, -0.05) is 12.1 Å². The minimum absolute atomic E-state index is 0.0419. The van der Waals surface area contributed by atoms with Crippen molar-refractivity contribution in [2.45, 2.75) is 0 Å². The Kier molecular flexibility index (Phi) is 2.92. The number of carbonyl (C=O) groups is 1. The van der Waals surface area contributed by atoms with Crippen molar-refractivity contribution in [3.63, 3.8) is 0 Å². The van der Waals surface area contributed by atoms with Gasteiger partial charge in [-0.3, -0.25) is 4.79 Å². The number of rotatable bonds is 3. The monoisotopic (exact) mass is 269 g/mol. The van der Waals surface area contributed by atoms with Gasteiger partial charge in [-0.05, 0) is 30.3 Å². The number of fused-ring (bicyclic) bond motifs is 1. The Morgan fingerprint density at radius 1 is 1.10 bits per heavy atom. The minimum Gasteiger partial charge on any atom is -0.506 e. The number of phenolic OH excluding ortho intramolecular Hbond substituents is 1. The molecule has 0 saturated heterocycles. The number of Topliss-reactive ketones (excluding diaryl/α,β-unsaturated/α-hetero) is 1. The highest BCUT2D eigenvalue weighted by Gasteiger charge is 2.12. The minimum atomic E-state index is -0.585. The number of nitrogens with zero attached hydrogens (tertiary/aromatic N) is 3. The molecule has 3 rings (SSSR count). The van der Waals surface area contributed by atoms with Gasteiger partial charge in [-0.15, -0.1) is 15.0 Å². The Morgan fingerprint density at radius 2 is 1.75 bits per heavy atom. The summed E-state index contributed by atoms with van der Waals surface area (Å²) in [6.45, 7) is -0.585. The Hall–Kier alpha value is -2.73. The first-order valence-electron chi connectivity index (χ1n) is 5.98. The van der Waals surface area contributed by atoms with E-state index in [1.807, 2.05) is 12.1 Å². The van der Waals surface area contributed by atoms with Crippen LogP contribution in [0.15, 0.2) is 42.5 Å². The molecule has 1 aromatic heterocycles. The van der Waals surface area contributed by atoms with E-state index in [1.54, 1.807) is 12.1 Å². The summed E-state index contributed by atoms with van der Waals surface area (Å²) in [4.78, 5) is 12.8. The summed E-state index contributed by atoms with van der Waals surface area (Å²) in [6.07, 6.45) is 0. The number of aromatic hydroxyl groups is 1. The van der Waals surface area contributed by atoms with E-state index >= 15 is 0 Å². The lowest BCUT2D eigenvalue weighted by molar-refractivity contribution is 0.0903. The normalized spacial score (nSPS) is 10.8. The van der Waals surface area contributed by atoms with Crippen molar-refractivity contribution < 1.29 is 15.0 Å². The predicted octanol–water partition coefficient (Wildman–Crippen LogP) is 1.30. The van der Waals surface area contributed by atoms with Gasteiger partial charge in [0.05, 0.1) is 0 Å². The molecule has 1 heterocycles. The van der Waals surface area contributed by atoms with Gasteiger partial charge in [-0.2, -0.15) is 0 Å². The fraction of sp³-hybridized carbons (Fsp3) is 0.0714. The van der Waals surface area contributed by atoms with Gasteiger partial charge in [0.2, 0.25) is 0 Å². The van der Waals surface area contributed by atoms with E-state index in [2.05, 4.69) is 10.2 Å². The number of ketones is 1. The van der Waals surface area contributed by atoms with Crippen LogP contribution in [-0.4, -0.2) is 37.6 Å². The van der Waals surface area contributed by atoms with Gasteiger partial charge in [0.1, 0.15) is 29.1 Å². The quantitative estimate of drug-likeness (QED) is 0.700. The Morgan fingerprint density at radius 3 is 2.35 bits per heavy atom. The molecule has 0 aliphatic rings. The molecule has 0 aliphatic carbocycles. The van der Waals surface area contributed by atoms with Crippen LogP contribution in [0, 0.1) is 0 Å². The number of aliphatic hydroxyl groups excluding tert-OH is 1. The maximum absolute atomic E-state index is 11.5. The van der Waals surface area contributed by atoms with Gasteiger partial charge in [0, 0.05) is 5.56 Å². The first kappa shape index (κ1) is 12.3. The topological polar surface area (TPSA) is 88.2 Å². The molecular formula is C14H11N3O3.